The van der Waals surface area contributed by atoms with Crippen LogP contribution in [0.1, 0.15) is 37.6 Å². The zero-order valence-electron chi connectivity index (χ0n) is 19.0. The van der Waals surface area contributed by atoms with Gasteiger partial charge in [0.2, 0.25) is 5.91 Å². The zero-order valence-corrected chi connectivity index (χ0v) is 20.0. The molecule has 0 unspecified atom stereocenters. The van der Waals surface area contributed by atoms with Crippen molar-refractivity contribution in [1.29, 1.82) is 0 Å². The van der Waals surface area contributed by atoms with Crippen molar-refractivity contribution in [3.63, 3.8) is 0 Å². The fraction of sp³-hybridized carbons (Fsp3) is 0.360. The molecule has 0 saturated heterocycles. The largest absolute Gasteiger partial charge is 0.417 e. The third-order valence-electron chi connectivity index (χ3n) is 6.32. The van der Waals surface area contributed by atoms with Gasteiger partial charge < -0.3 is 15.5 Å². The van der Waals surface area contributed by atoms with E-state index in [1.54, 1.807) is 0 Å². The Morgan fingerprint density at radius 3 is 2.00 bits per heavy atom. The molecule has 164 valence electrons. The monoisotopic (exact) mass is 436 g/mol. The molecule has 0 aromatic heterocycles. The Balaban J connectivity index is 1.86. The van der Waals surface area contributed by atoms with Crippen molar-refractivity contribution in [3.8, 4) is 0 Å². The lowest BCUT2D eigenvalue weighted by Gasteiger charge is -2.36. The highest BCUT2D eigenvalue weighted by molar-refractivity contribution is 6.74. The number of hydrogen-bond donors (Lipinski definition) is 2. The summed E-state index contributed by atoms with van der Waals surface area (Å²) in [6.45, 7) is 11.2. The van der Waals surface area contributed by atoms with Crippen molar-refractivity contribution in [1.82, 2.24) is 5.32 Å². The van der Waals surface area contributed by atoms with Crippen molar-refractivity contribution < 1.29 is 14.0 Å². The van der Waals surface area contributed by atoms with Crippen LogP contribution in [0.3, 0.4) is 0 Å². The molecule has 3 N–H and O–H groups in total. The lowest BCUT2D eigenvalue weighted by molar-refractivity contribution is -0.120. The molecule has 0 radical (unpaired) electrons. The van der Waals surface area contributed by atoms with Crippen molar-refractivity contribution in [3.05, 3.63) is 60.2 Å². The number of primary amides is 1. The molecule has 0 aliphatic rings. The Morgan fingerprint density at radius 1 is 1.00 bits per heavy atom. The summed E-state index contributed by atoms with van der Waals surface area (Å²) in [6, 6.07) is 16.8. The summed E-state index contributed by atoms with van der Waals surface area (Å²) in [4.78, 5) is 25.5. The zero-order chi connectivity index (χ0) is 22.8. The van der Waals surface area contributed by atoms with E-state index in [1.165, 1.54) is 0 Å². The first kappa shape index (κ1) is 23.0. The predicted molar refractivity (Wildman–Crippen MR) is 130 cm³/mol. The number of hydrogen-bond acceptors (Lipinski definition) is 3. The highest BCUT2D eigenvalue weighted by Gasteiger charge is 2.37. The summed E-state index contributed by atoms with van der Waals surface area (Å²) in [6.07, 6.45) is 0.344. The first-order valence-corrected chi connectivity index (χ1v) is 13.6. The maximum absolute atomic E-state index is 13.4. The summed E-state index contributed by atoms with van der Waals surface area (Å²) in [5.74, 6) is -0.860. The molecule has 0 fully saturated rings. The molecular weight excluding hydrogens is 404 g/mol. The topological polar surface area (TPSA) is 81.4 Å². The van der Waals surface area contributed by atoms with Crippen LogP contribution in [0, 0.1) is 0 Å². The third-order valence-corrected chi connectivity index (χ3v) is 10.9. The van der Waals surface area contributed by atoms with Crippen molar-refractivity contribution in [2.24, 2.45) is 5.73 Å². The van der Waals surface area contributed by atoms with E-state index in [0.29, 0.717) is 18.6 Å². The highest BCUT2D eigenvalue weighted by Crippen LogP contribution is 2.36. The van der Waals surface area contributed by atoms with E-state index in [2.05, 4.69) is 45.2 Å². The van der Waals surface area contributed by atoms with Gasteiger partial charge in [-0.15, -0.1) is 0 Å². The van der Waals surface area contributed by atoms with Gasteiger partial charge in [0.1, 0.15) is 6.04 Å². The second-order valence-corrected chi connectivity index (χ2v) is 14.3. The van der Waals surface area contributed by atoms with Crippen LogP contribution in [-0.2, 0) is 9.22 Å². The second-order valence-electron chi connectivity index (χ2n) is 9.52. The normalized spacial score (nSPS) is 13.3. The number of nitrogens with one attached hydrogen (secondary N) is 1. The first-order valence-electron chi connectivity index (χ1n) is 10.7. The molecule has 0 heterocycles. The molecule has 0 spiro atoms. The fourth-order valence-corrected chi connectivity index (χ4v) is 4.48. The molecule has 5 nitrogen and oxygen atoms in total. The van der Waals surface area contributed by atoms with Gasteiger partial charge in [-0.25, -0.2) is 0 Å². The van der Waals surface area contributed by atoms with Crippen molar-refractivity contribution >= 4 is 41.7 Å². The summed E-state index contributed by atoms with van der Waals surface area (Å²) < 4.78 is 6.18. The molecule has 6 heteroatoms. The van der Waals surface area contributed by atoms with E-state index in [9.17, 15) is 9.59 Å². The van der Waals surface area contributed by atoms with Crippen LogP contribution in [0.25, 0.3) is 21.5 Å². The lowest BCUT2D eigenvalue weighted by atomic mass is 9.96. The minimum Gasteiger partial charge on any atom is -0.417 e. The minimum atomic E-state index is -1.95. The maximum Gasteiger partial charge on any atom is 0.253 e. The summed E-state index contributed by atoms with van der Waals surface area (Å²) in [5, 5.41) is 6.58. The number of rotatable bonds is 7. The Labute approximate surface area is 185 Å². The first-order chi connectivity index (χ1) is 14.5. The minimum absolute atomic E-state index is 0.0698. The van der Waals surface area contributed by atoms with Gasteiger partial charge in [0.15, 0.2) is 8.32 Å². The SMILES string of the molecule is CC(C)(C)[Si](C)(C)OCC[C@H](NC(=O)c1c2ccccc2cc2ccccc12)C(N)=O. The molecular formula is C25H32N2O3Si. The Hall–Kier alpha value is -2.70. The van der Waals surface area contributed by atoms with Gasteiger partial charge in [0.25, 0.3) is 5.91 Å². The van der Waals surface area contributed by atoms with E-state index in [1.807, 2.05) is 48.5 Å². The van der Waals surface area contributed by atoms with Gasteiger partial charge in [0, 0.05) is 6.61 Å². The standard InChI is InChI=1S/C25H32N2O3Si/c1-25(2,3)31(4,5)30-15-14-21(23(26)28)27-24(29)22-19-12-8-6-10-17(19)16-18-11-7-9-13-20(18)22/h6-13,16,21H,14-15H2,1-5H3,(H2,26,28)(H,27,29)/t21-/m0/s1. The molecule has 0 aliphatic heterocycles. The number of benzene rings is 3. The van der Waals surface area contributed by atoms with Crippen LogP contribution in [0.4, 0.5) is 0 Å². The molecule has 3 rings (SSSR count). The molecule has 1 atom stereocenters. The number of fused-ring (bicyclic) bond motifs is 2. The van der Waals surface area contributed by atoms with Gasteiger partial charge in [-0.1, -0.05) is 69.3 Å². The Morgan fingerprint density at radius 2 is 1.52 bits per heavy atom. The summed E-state index contributed by atoms with van der Waals surface area (Å²) >= 11 is 0. The van der Waals surface area contributed by atoms with E-state index >= 15 is 0 Å². The van der Waals surface area contributed by atoms with E-state index in [4.69, 9.17) is 10.2 Å². The number of carbonyl (C=O) groups is 2. The summed E-state index contributed by atoms with van der Waals surface area (Å²) in [7, 11) is -1.95. The molecule has 0 aliphatic carbocycles. The molecule has 2 amide bonds. The predicted octanol–water partition coefficient (Wildman–Crippen LogP) is 4.99. The van der Waals surface area contributed by atoms with Crippen LogP contribution in [-0.4, -0.2) is 32.8 Å². The number of nitrogens with two attached hydrogens (primary N) is 1. The molecule has 0 bridgehead atoms. The van der Waals surface area contributed by atoms with Crippen LogP contribution < -0.4 is 11.1 Å². The van der Waals surface area contributed by atoms with Crippen LogP contribution in [0.5, 0.6) is 0 Å². The lowest BCUT2D eigenvalue weighted by Crippen LogP contribution is -2.47. The molecule has 3 aromatic rings. The molecule has 31 heavy (non-hydrogen) atoms. The van der Waals surface area contributed by atoms with Gasteiger partial charge in [0.05, 0.1) is 5.56 Å². The Kier molecular flexibility index (Phi) is 6.53. The van der Waals surface area contributed by atoms with Gasteiger partial charge in [-0.3, -0.25) is 9.59 Å². The van der Waals surface area contributed by atoms with E-state index < -0.39 is 20.3 Å². The average Bonchev–Trinajstić information content (AvgIpc) is 2.70. The van der Waals surface area contributed by atoms with Crippen LogP contribution in [0.15, 0.2) is 54.6 Å². The Bertz CT molecular complexity index is 1060. The van der Waals surface area contributed by atoms with Crippen LogP contribution in [0.2, 0.25) is 18.1 Å². The van der Waals surface area contributed by atoms with E-state index in [0.717, 1.165) is 21.5 Å². The van der Waals surface area contributed by atoms with Gasteiger partial charge in [-0.2, -0.15) is 0 Å². The molecule has 3 aromatic carbocycles. The molecule has 0 saturated carbocycles. The van der Waals surface area contributed by atoms with Crippen LogP contribution >= 0.6 is 0 Å². The van der Waals surface area contributed by atoms with E-state index in [-0.39, 0.29) is 10.9 Å². The van der Waals surface area contributed by atoms with Gasteiger partial charge in [-0.05, 0) is 52.2 Å². The number of amides is 2. The third kappa shape index (κ3) is 4.97. The average molecular weight is 437 g/mol. The van der Waals surface area contributed by atoms with Gasteiger partial charge >= 0.3 is 0 Å². The highest BCUT2D eigenvalue weighted by atomic mass is 28.4. The van der Waals surface area contributed by atoms with Crippen molar-refractivity contribution in [2.45, 2.75) is 51.4 Å². The maximum atomic E-state index is 13.4. The fourth-order valence-electron chi connectivity index (χ4n) is 3.42. The smallest absolute Gasteiger partial charge is 0.253 e. The summed E-state index contributed by atoms with van der Waals surface area (Å²) in [5.41, 5.74) is 6.19. The number of carbonyl (C=O) groups excluding carboxylic acids is 2. The van der Waals surface area contributed by atoms with Crippen molar-refractivity contribution in [2.75, 3.05) is 6.61 Å². The second kappa shape index (κ2) is 8.81. The quantitative estimate of drug-likeness (QED) is 0.404.